The molecule has 11 nitrogen and oxygen atoms in total. The summed E-state index contributed by atoms with van der Waals surface area (Å²) in [4.78, 5) is 11.9. The van der Waals surface area contributed by atoms with Crippen molar-refractivity contribution >= 4 is 23.5 Å². The number of benzene rings is 3. The summed E-state index contributed by atoms with van der Waals surface area (Å²) in [5.74, 6) is 0.665. The molecule has 0 radical (unpaired) electrons. The quantitative estimate of drug-likeness (QED) is 0.167. The summed E-state index contributed by atoms with van der Waals surface area (Å²) >= 11 is 1.46. The second-order valence-corrected chi connectivity index (χ2v) is 10.6. The summed E-state index contributed by atoms with van der Waals surface area (Å²) in [6.45, 7) is 5.70. The minimum atomic E-state index is -0.677. The average Bonchev–Trinajstić information content (AvgIpc) is 3.49. The fraction of sp³-hybridized carbons (Fsp3) is 0.267. The van der Waals surface area contributed by atoms with Gasteiger partial charge >= 0.3 is 6.09 Å². The second-order valence-electron chi connectivity index (χ2n) is 9.66. The molecule has 1 aromatic heterocycles. The van der Waals surface area contributed by atoms with Crippen molar-refractivity contribution in [3.63, 3.8) is 0 Å². The molecule has 4 atom stereocenters. The van der Waals surface area contributed by atoms with Crippen molar-refractivity contribution in [2.24, 2.45) is 5.92 Å². The number of aromatic nitrogens is 4. The molecule has 3 aromatic carbocycles. The number of hydrogen-bond donors (Lipinski definition) is 3. The maximum Gasteiger partial charge on any atom is 0.411 e. The highest BCUT2D eigenvalue weighted by Crippen LogP contribution is 2.43. The maximum absolute atomic E-state index is 11.9. The Morgan fingerprint density at radius 1 is 1.07 bits per heavy atom. The summed E-state index contributed by atoms with van der Waals surface area (Å²) in [6.07, 6.45) is -0.281. The highest BCUT2D eigenvalue weighted by atomic mass is 32.2. The van der Waals surface area contributed by atoms with Crippen LogP contribution in [-0.4, -0.2) is 55.0 Å². The van der Waals surface area contributed by atoms with E-state index in [0.717, 1.165) is 22.4 Å². The number of aliphatic hydroxyl groups is 1. The van der Waals surface area contributed by atoms with E-state index >= 15 is 0 Å². The SMILES string of the molecule is C=CCOC(=O)Nc1ccc([C@@H]2O[C@H](CSc3nnnn3-c3ccc(O)cc3)[C@H](C)[C@H](c3ccc(CO)cc3)O2)cc1. The standard InChI is InChI=1S/C30H31N5O6S/c1-3-16-39-30(38)31-23-10-8-22(9-11-23)28-40-26(19(2)27(41-28)21-6-4-20(17-36)5-7-21)18-42-29-32-33-34-35(29)24-12-14-25(37)15-13-24/h3-15,19,26-28,36-37H,1,16-18H2,2H3,(H,31,38)/t19-,26+,27+,28+/m0/s1. The van der Waals surface area contributed by atoms with Crippen LogP contribution < -0.4 is 5.32 Å². The number of rotatable bonds is 10. The zero-order valence-corrected chi connectivity index (χ0v) is 23.7. The maximum atomic E-state index is 11.9. The molecule has 0 bridgehead atoms. The molecule has 3 N–H and O–H groups in total. The molecule has 1 aliphatic rings. The summed E-state index contributed by atoms with van der Waals surface area (Å²) in [6, 6.07) is 21.5. The van der Waals surface area contributed by atoms with Crippen LogP contribution in [0.1, 0.15) is 36.0 Å². The van der Waals surface area contributed by atoms with Crippen molar-refractivity contribution in [3.05, 3.63) is 102 Å². The number of aliphatic hydroxyl groups excluding tert-OH is 1. The van der Waals surface area contributed by atoms with E-state index < -0.39 is 12.4 Å². The minimum Gasteiger partial charge on any atom is -0.508 e. The first-order chi connectivity index (χ1) is 20.4. The minimum absolute atomic E-state index is 0.0349. The largest absolute Gasteiger partial charge is 0.508 e. The number of nitrogens with one attached hydrogen (secondary N) is 1. The molecule has 0 unspecified atom stereocenters. The number of ether oxygens (including phenoxy) is 3. The predicted molar refractivity (Wildman–Crippen MR) is 156 cm³/mol. The van der Waals surface area contributed by atoms with Crippen LogP contribution in [0.3, 0.4) is 0 Å². The lowest BCUT2D eigenvalue weighted by Gasteiger charge is -2.41. The van der Waals surface area contributed by atoms with Crippen LogP contribution in [0.2, 0.25) is 0 Å². The molecular formula is C30H31N5O6S. The molecule has 0 aliphatic carbocycles. The van der Waals surface area contributed by atoms with Crippen LogP contribution in [0.5, 0.6) is 5.75 Å². The van der Waals surface area contributed by atoms with Crippen LogP contribution in [0.4, 0.5) is 10.5 Å². The normalized spacial score (nSPS) is 20.1. The fourth-order valence-corrected chi connectivity index (χ4v) is 5.56. The fourth-order valence-electron chi connectivity index (χ4n) is 4.50. The Labute approximate surface area is 247 Å². The number of aromatic hydroxyl groups is 1. The summed E-state index contributed by atoms with van der Waals surface area (Å²) in [5.41, 5.74) is 3.87. The van der Waals surface area contributed by atoms with Crippen molar-refractivity contribution in [3.8, 4) is 11.4 Å². The first-order valence-electron chi connectivity index (χ1n) is 13.3. The van der Waals surface area contributed by atoms with Gasteiger partial charge in [0.15, 0.2) is 6.29 Å². The molecule has 4 aromatic rings. The van der Waals surface area contributed by atoms with Gasteiger partial charge in [-0.1, -0.05) is 67.7 Å². The third-order valence-corrected chi connectivity index (χ3v) is 7.80. The summed E-state index contributed by atoms with van der Waals surface area (Å²) < 4.78 is 19.6. The second kappa shape index (κ2) is 13.6. The Morgan fingerprint density at radius 2 is 1.79 bits per heavy atom. The molecule has 0 spiro atoms. The number of hydrogen-bond acceptors (Lipinski definition) is 10. The van der Waals surface area contributed by atoms with E-state index in [4.69, 9.17) is 14.2 Å². The lowest BCUT2D eigenvalue weighted by atomic mass is 9.91. The highest BCUT2D eigenvalue weighted by Gasteiger charge is 2.38. The lowest BCUT2D eigenvalue weighted by molar-refractivity contribution is -0.268. The third-order valence-electron chi connectivity index (χ3n) is 6.80. The Morgan fingerprint density at radius 3 is 2.48 bits per heavy atom. The van der Waals surface area contributed by atoms with E-state index in [-0.39, 0.29) is 37.1 Å². The molecule has 5 rings (SSSR count). The number of phenols is 1. The van der Waals surface area contributed by atoms with Gasteiger partial charge in [-0.25, -0.2) is 4.79 Å². The Kier molecular flexibility index (Phi) is 9.49. The van der Waals surface area contributed by atoms with Gasteiger partial charge in [0, 0.05) is 22.9 Å². The molecule has 42 heavy (non-hydrogen) atoms. The number of anilines is 1. The number of thioether (sulfide) groups is 1. The molecule has 2 heterocycles. The highest BCUT2D eigenvalue weighted by molar-refractivity contribution is 7.99. The van der Waals surface area contributed by atoms with Crippen molar-refractivity contribution in [1.29, 1.82) is 0 Å². The summed E-state index contributed by atoms with van der Waals surface area (Å²) in [7, 11) is 0. The number of carbonyl (C=O) groups excluding carboxylic acids is 1. The number of phenolic OH excluding ortho intramolecular Hbond substituents is 1. The van der Waals surface area contributed by atoms with E-state index in [1.54, 1.807) is 41.1 Å². The van der Waals surface area contributed by atoms with Gasteiger partial charge in [0.05, 0.1) is 24.5 Å². The number of nitrogens with zero attached hydrogens (tertiary/aromatic N) is 4. The van der Waals surface area contributed by atoms with Crippen molar-refractivity contribution < 1.29 is 29.2 Å². The molecule has 218 valence electrons. The van der Waals surface area contributed by atoms with Crippen LogP contribution in [0, 0.1) is 5.92 Å². The Hall–Kier alpha value is -4.23. The first kappa shape index (κ1) is 29.3. The van der Waals surface area contributed by atoms with Gasteiger partial charge in [-0.05, 0) is 58.0 Å². The average molecular weight is 590 g/mol. The van der Waals surface area contributed by atoms with E-state index in [2.05, 4.69) is 34.3 Å². The van der Waals surface area contributed by atoms with Gasteiger partial charge < -0.3 is 24.4 Å². The smallest absolute Gasteiger partial charge is 0.411 e. The van der Waals surface area contributed by atoms with Crippen LogP contribution in [-0.2, 0) is 20.8 Å². The molecule has 1 saturated heterocycles. The van der Waals surface area contributed by atoms with Gasteiger partial charge in [-0.3, -0.25) is 5.32 Å². The number of tetrazole rings is 1. The third kappa shape index (κ3) is 6.97. The molecule has 0 saturated carbocycles. The van der Waals surface area contributed by atoms with Crippen molar-refractivity contribution in [2.45, 2.75) is 37.2 Å². The van der Waals surface area contributed by atoms with Gasteiger partial charge in [0.25, 0.3) is 0 Å². The Bertz CT molecular complexity index is 1480. The van der Waals surface area contributed by atoms with Gasteiger partial charge in [-0.15, -0.1) is 5.10 Å². The van der Waals surface area contributed by atoms with Gasteiger partial charge in [0.1, 0.15) is 12.4 Å². The van der Waals surface area contributed by atoms with Crippen molar-refractivity contribution in [2.75, 3.05) is 17.7 Å². The molecule has 1 fully saturated rings. The van der Waals surface area contributed by atoms with Gasteiger partial charge in [-0.2, -0.15) is 4.68 Å². The number of carbonyl (C=O) groups is 1. The zero-order valence-electron chi connectivity index (χ0n) is 22.9. The Balaban J connectivity index is 1.35. The predicted octanol–water partition coefficient (Wildman–Crippen LogP) is 5.18. The van der Waals surface area contributed by atoms with Crippen molar-refractivity contribution in [1.82, 2.24) is 20.2 Å². The van der Waals surface area contributed by atoms with E-state index in [9.17, 15) is 15.0 Å². The zero-order chi connectivity index (χ0) is 29.5. The molecule has 1 aliphatic heterocycles. The van der Waals surface area contributed by atoms with E-state index in [0.29, 0.717) is 16.6 Å². The first-order valence-corrected chi connectivity index (χ1v) is 14.3. The lowest BCUT2D eigenvalue weighted by Crippen LogP contribution is -2.38. The van der Waals surface area contributed by atoms with Crippen LogP contribution >= 0.6 is 11.8 Å². The van der Waals surface area contributed by atoms with E-state index in [1.807, 2.05) is 36.4 Å². The molecular weight excluding hydrogens is 558 g/mol. The monoisotopic (exact) mass is 589 g/mol. The molecule has 1 amide bonds. The molecule has 12 heteroatoms. The number of amides is 1. The van der Waals surface area contributed by atoms with Gasteiger partial charge in [0.2, 0.25) is 5.16 Å². The van der Waals surface area contributed by atoms with E-state index in [1.165, 1.54) is 17.8 Å². The topological polar surface area (TPSA) is 141 Å². The summed E-state index contributed by atoms with van der Waals surface area (Å²) in [5, 5.41) is 34.5. The van der Waals surface area contributed by atoms with Crippen LogP contribution in [0.15, 0.2) is 90.6 Å². The van der Waals surface area contributed by atoms with Crippen LogP contribution in [0.25, 0.3) is 5.69 Å².